The largest absolute Gasteiger partial charge is 0.360 e. The van der Waals surface area contributed by atoms with E-state index in [0.29, 0.717) is 6.54 Å². The van der Waals surface area contributed by atoms with E-state index in [2.05, 4.69) is 27.6 Å². The molecule has 5 nitrogen and oxygen atoms in total. The number of aromatic nitrogens is 2. The Morgan fingerprint density at radius 2 is 1.93 bits per heavy atom. The zero-order chi connectivity index (χ0) is 20.6. The molecule has 0 saturated carbocycles. The first-order valence-corrected chi connectivity index (χ1v) is 11.0. The molecule has 0 bridgehead atoms. The van der Waals surface area contributed by atoms with Gasteiger partial charge in [-0.25, -0.2) is 4.39 Å². The van der Waals surface area contributed by atoms with Crippen LogP contribution in [0.1, 0.15) is 18.1 Å². The summed E-state index contributed by atoms with van der Waals surface area (Å²) in [6.07, 6.45) is 0.905. The van der Waals surface area contributed by atoms with Crippen molar-refractivity contribution in [1.82, 2.24) is 15.1 Å². The first-order chi connectivity index (χ1) is 14.0. The molecule has 1 heterocycles. The summed E-state index contributed by atoms with van der Waals surface area (Å²) < 4.78 is 14.1. The summed E-state index contributed by atoms with van der Waals surface area (Å²) >= 11 is 2.82. The normalized spacial score (nSPS) is 11.8. The van der Waals surface area contributed by atoms with Crippen LogP contribution < -0.4 is 5.32 Å². The standard InChI is InChI=1S/C21H23FN4OS2/c1-15(19(27)26(2)14-17-9-6-10-18(22)13-17)28-21-25-24-20(29-21)23-12-11-16-7-4-3-5-8-16/h3-10,13,15H,11-12,14H2,1-2H3,(H,23,24). The van der Waals surface area contributed by atoms with Gasteiger partial charge in [-0.3, -0.25) is 4.79 Å². The van der Waals surface area contributed by atoms with Gasteiger partial charge in [0.2, 0.25) is 11.0 Å². The molecular formula is C21H23FN4OS2. The lowest BCUT2D eigenvalue weighted by molar-refractivity contribution is -0.129. The lowest BCUT2D eigenvalue weighted by Crippen LogP contribution is -2.32. The minimum Gasteiger partial charge on any atom is -0.360 e. The van der Waals surface area contributed by atoms with Crippen LogP contribution in [-0.2, 0) is 17.8 Å². The Labute approximate surface area is 178 Å². The number of nitrogens with zero attached hydrogens (tertiary/aromatic N) is 3. The predicted molar refractivity (Wildman–Crippen MR) is 117 cm³/mol. The van der Waals surface area contributed by atoms with Gasteiger partial charge in [0.25, 0.3) is 0 Å². The Balaban J connectivity index is 1.47. The molecule has 1 amide bonds. The van der Waals surface area contributed by atoms with Crippen molar-refractivity contribution >= 4 is 34.1 Å². The summed E-state index contributed by atoms with van der Waals surface area (Å²) in [5, 5.41) is 12.0. The second-order valence-corrected chi connectivity index (χ2v) is 9.19. The van der Waals surface area contributed by atoms with E-state index >= 15 is 0 Å². The molecular weight excluding hydrogens is 407 g/mol. The van der Waals surface area contributed by atoms with Crippen molar-refractivity contribution in [3.63, 3.8) is 0 Å². The van der Waals surface area contributed by atoms with E-state index in [4.69, 9.17) is 0 Å². The number of carbonyl (C=O) groups is 1. The van der Waals surface area contributed by atoms with Crippen LogP contribution in [-0.4, -0.2) is 39.8 Å². The number of thioether (sulfide) groups is 1. The maximum atomic E-state index is 13.3. The van der Waals surface area contributed by atoms with Crippen molar-refractivity contribution < 1.29 is 9.18 Å². The predicted octanol–water partition coefficient (Wildman–Crippen LogP) is 4.47. The number of carbonyl (C=O) groups excluding carboxylic acids is 1. The topological polar surface area (TPSA) is 58.1 Å². The molecule has 1 unspecified atom stereocenters. The van der Waals surface area contributed by atoms with E-state index in [1.165, 1.54) is 40.8 Å². The molecule has 0 aliphatic carbocycles. The van der Waals surface area contributed by atoms with Crippen LogP contribution in [0, 0.1) is 5.82 Å². The Bertz CT molecular complexity index is 935. The highest BCUT2D eigenvalue weighted by atomic mass is 32.2. The fraction of sp³-hybridized carbons (Fsp3) is 0.286. The van der Waals surface area contributed by atoms with Crippen LogP contribution >= 0.6 is 23.1 Å². The zero-order valence-electron chi connectivity index (χ0n) is 16.3. The van der Waals surface area contributed by atoms with Gasteiger partial charge in [0.1, 0.15) is 5.82 Å². The molecule has 1 N–H and O–H groups in total. The van der Waals surface area contributed by atoms with Crippen LogP contribution in [0.15, 0.2) is 58.9 Å². The molecule has 0 aliphatic heterocycles. The second-order valence-electron chi connectivity index (χ2n) is 6.62. The molecule has 0 aliphatic rings. The summed E-state index contributed by atoms with van der Waals surface area (Å²) in [4.78, 5) is 14.2. The molecule has 2 aromatic carbocycles. The number of hydrogen-bond acceptors (Lipinski definition) is 6. The van der Waals surface area contributed by atoms with Gasteiger partial charge >= 0.3 is 0 Å². The third-order valence-electron chi connectivity index (χ3n) is 4.25. The van der Waals surface area contributed by atoms with Crippen LogP contribution in [0.2, 0.25) is 0 Å². The highest BCUT2D eigenvalue weighted by Gasteiger charge is 2.21. The van der Waals surface area contributed by atoms with E-state index in [-0.39, 0.29) is 17.0 Å². The van der Waals surface area contributed by atoms with Gasteiger partial charge in [-0.2, -0.15) is 0 Å². The minimum atomic E-state index is -0.307. The molecule has 152 valence electrons. The molecule has 0 spiro atoms. The van der Waals surface area contributed by atoms with Crippen LogP contribution in [0.4, 0.5) is 9.52 Å². The number of nitrogens with one attached hydrogen (secondary N) is 1. The summed E-state index contributed by atoms with van der Waals surface area (Å²) in [6.45, 7) is 2.98. The molecule has 3 rings (SSSR count). The van der Waals surface area contributed by atoms with E-state index in [0.717, 1.165) is 28.0 Å². The molecule has 0 fully saturated rings. The lowest BCUT2D eigenvalue weighted by Gasteiger charge is -2.20. The maximum Gasteiger partial charge on any atom is 0.235 e. The molecule has 1 aromatic heterocycles. The van der Waals surface area contributed by atoms with Crippen LogP contribution in [0.25, 0.3) is 0 Å². The SMILES string of the molecule is CC(Sc1nnc(NCCc2ccccc2)s1)C(=O)N(C)Cc1cccc(F)c1. The van der Waals surface area contributed by atoms with E-state index in [1.807, 2.05) is 31.2 Å². The van der Waals surface area contributed by atoms with Gasteiger partial charge in [-0.05, 0) is 36.6 Å². The zero-order valence-corrected chi connectivity index (χ0v) is 18.0. The molecule has 8 heteroatoms. The fourth-order valence-electron chi connectivity index (χ4n) is 2.79. The molecule has 0 radical (unpaired) electrons. The number of benzene rings is 2. The van der Waals surface area contributed by atoms with Gasteiger partial charge in [-0.1, -0.05) is 65.6 Å². The number of anilines is 1. The highest BCUT2D eigenvalue weighted by molar-refractivity contribution is 8.02. The molecule has 0 saturated heterocycles. The third-order valence-corrected chi connectivity index (χ3v) is 6.30. The average molecular weight is 431 g/mol. The van der Waals surface area contributed by atoms with Crippen molar-refractivity contribution in [3.05, 3.63) is 71.5 Å². The van der Waals surface area contributed by atoms with Crippen LogP contribution in [0.5, 0.6) is 0 Å². The van der Waals surface area contributed by atoms with Gasteiger partial charge < -0.3 is 10.2 Å². The number of hydrogen-bond donors (Lipinski definition) is 1. The summed E-state index contributed by atoms with van der Waals surface area (Å²) in [5.74, 6) is -0.333. The first kappa shape index (κ1) is 21.3. The Morgan fingerprint density at radius 3 is 2.69 bits per heavy atom. The van der Waals surface area contributed by atoms with E-state index in [9.17, 15) is 9.18 Å². The quantitative estimate of drug-likeness (QED) is 0.508. The number of rotatable bonds is 9. The lowest BCUT2D eigenvalue weighted by atomic mass is 10.2. The summed E-state index contributed by atoms with van der Waals surface area (Å²) in [6, 6.07) is 16.5. The maximum absolute atomic E-state index is 13.3. The van der Waals surface area contributed by atoms with Gasteiger partial charge in [0.05, 0.1) is 5.25 Å². The molecule has 3 aromatic rings. The highest BCUT2D eigenvalue weighted by Crippen LogP contribution is 2.29. The Hall–Kier alpha value is -2.45. The van der Waals surface area contributed by atoms with Crippen molar-refractivity contribution in [2.45, 2.75) is 29.5 Å². The van der Waals surface area contributed by atoms with Crippen molar-refractivity contribution in [1.29, 1.82) is 0 Å². The molecule has 1 atom stereocenters. The Kier molecular flexibility index (Phi) is 7.60. The van der Waals surface area contributed by atoms with Crippen molar-refractivity contribution in [3.8, 4) is 0 Å². The van der Waals surface area contributed by atoms with Crippen molar-refractivity contribution in [2.75, 3.05) is 18.9 Å². The fourth-order valence-corrected chi connectivity index (χ4v) is 4.82. The van der Waals surface area contributed by atoms with Crippen LogP contribution in [0.3, 0.4) is 0 Å². The number of halogens is 1. The monoisotopic (exact) mass is 430 g/mol. The van der Waals surface area contributed by atoms with E-state index < -0.39 is 0 Å². The third kappa shape index (κ3) is 6.54. The smallest absolute Gasteiger partial charge is 0.235 e. The first-order valence-electron chi connectivity index (χ1n) is 9.28. The average Bonchev–Trinajstić information content (AvgIpc) is 3.15. The summed E-state index contributed by atoms with van der Waals surface area (Å²) in [7, 11) is 1.72. The molecule has 29 heavy (non-hydrogen) atoms. The minimum absolute atomic E-state index is 0.0342. The number of amides is 1. The van der Waals surface area contributed by atoms with Gasteiger partial charge in [0, 0.05) is 20.1 Å². The van der Waals surface area contributed by atoms with Gasteiger partial charge in [0.15, 0.2) is 4.34 Å². The Morgan fingerprint density at radius 1 is 1.17 bits per heavy atom. The summed E-state index contributed by atoms with van der Waals surface area (Å²) in [5.41, 5.74) is 2.03. The van der Waals surface area contributed by atoms with E-state index in [1.54, 1.807) is 18.0 Å². The van der Waals surface area contributed by atoms with Gasteiger partial charge in [-0.15, -0.1) is 10.2 Å². The second kappa shape index (κ2) is 10.4. The van der Waals surface area contributed by atoms with Crippen molar-refractivity contribution in [2.24, 2.45) is 0 Å².